The normalized spacial score (nSPS) is 14.7. The van der Waals surface area contributed by atoms with Crippen LogP contribution in [0.4, 0.5) is 0 Å². The summed E-state index contributed by atoms with van der Waals surface area (Å²) in [6, 6.07) is 3.87. The highest BCUT2D eigenvalue weighted by atomic mass is 32.2. The third kappa shape index (κ3) is 3.00. The van der Waals surface area contributed by atoms with Crippen LogP contribution in [0, 0.1) is 19.7 Å². The summed E-state index contributed by atoms with van der Waals surface area (Å²) in [5, 5.41) is 7.65. The van der Waals surface area contributed by atoms with Gasteiger partial charge >= 0.3 is 0 Å². The van der Waals surface area contributed by atoms with Gasteiger partial charge in [0, 0.05) is 17.7 Å². The number of carbonyl (C=O) groups excluding carboxylic acids is 1. The minimum atomic E-state index is 0.761. The topological polar surface area (TPSA) is 32.7 Å². The molecule has 0 unspecified atom stereocenters. The Kier molecular flexibility index (Phi) is 4.64. The lowest BCUT2D eigenvalue weighted by Gasteiger charge is -2.10. The van der Waals surface area contributed by atoms with Crippen LogP contribution in [0.3, 0.4) is 0 Å². The molecule has 0 spiro atoms. The van der Waals surface area contributed by atoms with E-state index in [1.54, 1.807) is 11.8 Å². The highest BCUT2D eigenvalue weighted by molar-refractivity contribution is 8.16. The second-order valence-electron chi connectivity index (χ2n) is 4.72. The highest BCUT2D eigenvalue weighted by Gasteiger charge is 2.19. The molecular formula is C15H19N2OS. The fourth-order valence-corrected chi connectivity index (χ4v) is 2.89. The van der Waals surface area contributed by atoms with Crippen LogP contribution in [0.15, 0.2) is 17.2 Å². The number of hydrogen-bond donors (Lipinski definition) is 0. The van der Waals surface area contributed by atoms with Crippen LogP contribution in [-0.2, 0) is 0 Å². The predicted octanol–water partition coefficient (Wildman–Crippen LogP) is 3.75. The fraction of sp³-hybridized carbons (Fsp3) is 0.400. The van der Waals surface area contributed by atoms with Gasteiger partial charge in [0.05, 0.1) is 0 Å². The minimum absolute atomic E-state index is 0.761. The molecule has 3 nitrogen and oxygen atoms in total. The molecule has 0 aromatic heterocycles. The molecule has 2 rings (SSSR count). The summed E-state index contributed by atoms with van der Waals surface area (Å²) in [7, 11) is 0. The summed E-state index contributed by atoms with van der Waals surface area (Å²) in [6.07, 6.45) is 3.23. The van der Waals surface area contributed by atoms with Crippen LogP contribution in [0.2, 0.25) is 0 Å². The second kappa shape index (κ2) is 6.24. The molecular weight excluding hydrogens is 256 g/mol. The number of hydrogen-bond acceptors (Lipinski definition) is 4. The Balaban J connectivity index is 2.23. The van der Waals surface area contributed by atoms with Gasteiger partial charge in [0.2, 0.25) is 0 Å². The first-order chi connectivity index (χ1) is 9.17. The van der Waals surface area contributed by atoms with E-state index in [2.05, 4.69) is 24.8 Å². The zero-order chi connectivity index (χ0) is 13.8. The highest BCUT2D eigenvalue weighted by Crippen LogP contribution is 2.29. The van der Waals surface area contributed by atoms with Gasteiger partial charge in [-0.1, -0.05) is 37.2 Å². The first-order valence-electron chi connectivity index (χ1n) is 6.58. The van der Waals surface area contributed by atoms with Gasteiger partial charge in [-0.2, -0.15) is 5.10 Å². The molecule has 1 heterocycles. The Morgan fingerprint density at radius 3 is 2.79 bits per heavy atom. The van der Waals surface area contributed by atoms with E-state index < -0.39 is 0 Å². The number of benzene rings is 1. The third-order valence-electron chi connectivity index (χ3n) is 3.43. The molecule has 0 atom stereocenters. The quantitative estimate of drug-likeness (QED) is 0.767. The lowest BCUT2D eigenvalue weighted by atomic mass is 9.99. The smallest absolute Gasteiger partial charge is 0.150 e. The fourth-order valence-electron chi connectivity index (χ4n) is 2.02. The van der Waals surface area contributed by atoms with Crippen molar-refractivity contribution in [3.05, 3.63) is 40.3 Å². The Morgan fingerprint density at radius 1 is 1.32 bits per heavy atom. The average molecular weight is 275 g/mol. The van der Waals surface area contributed by atoms with Crippen molar-refractivity contribution in [3.63, 3.8) is 0 Å². The van der Waals surface area contributed by atoms with Crippen LogP contribution < -0.4 is 0 Å². The summed E-state index contributed by atoms with van der Waals surface area (Å²) >= 11 is 1.65. The van der Waals surface area contributed by atoms with E-state index in [0.717, 1.165) is 46.5 Å². The Morgan fingerprint density at radius 2 is 2.11 bits per heavy atom. The number of rotatable bonds is 5. The number of aldehydes is 1. The van der Waals surface area contributed by atoms with Gasteiger partial charge in [0.15, 0.2) is 0 Å². The number of thioether (sulfide) groups is 1. The molecule has 1 aliphatic heterocycles. The van der Waals surface area contributed by atoms with E-state index >= 15 is 0 Å². The average Bonchev–Trinajstić information content (AvgIpc) is 2.88. The zero-order valence-corrected chi connectivity index (χ0v) is 12.5. The van der Waals surface area contributed by atoms with Gasteiger partial charge in [-0.15, -0.1) is 0 Å². The number of hydrazone groups is 1. The number of nitrogens with zero attached hydrogens (tertiary/aromatic N) is 2. The van der Waals surface area contributed by atoms with E-state index in [0.29, 0.717) is 0 Å². The van der Waals surface area contributed by atoms with Crippen molar-refractivity contribution in [3.8, 4) is 0 Å². The number of unbranched alkanes of at least 4 members (excludes halogenated alkanes) is 1. The van der Waals surface area contributed by atoms with Gasteiger partial charge < -0.3 is 0 Å². The molecule has 0 amide bonds. The SMILES string of the molecule is CCCCN1[CH]SC(c2ccc(C=O)c(C)c2C)=N1. The lowest BCUT2D eigenvalue weighted by molar-refractivity contribution is 0.112. The van der Waals surface area contributed by atoms with E-state index in [9.17, 15) is 4.79 Å². The molecule has 101 valence electrons. The largest absolute Gasteiger partial charge is 0.298 e. The first-order valence-corrected chi connectivity index (χ1v) is 7.46. The van der Waals surface area contributed by atoms with Crippen LogP contribution >= 0.6 is 11.8 Å². The maximum atomic E-state index is 10.9. The summed E-state index contributed by atoms with van der Waals surface area (Å²) in [5.74, 6) is 2.06. The van der Waals surface area contributed by atoms with E-state index in [1.807, 2.05) is 24.1 Å². The van der Waals surface area contributed by atoms with Crippen LogP contribution in [0.25, 0.3) is 0 Å². The maximum absolute atomic E-state index is 10.9. The predicted molar refractivity (Wildman–Crippen MR) is 81.3 cm³/mol. The van der Waals surface area contributed by atoms with Gasteiger partial charge in [0.1, 0.15) is 17.2 Å². The molecule has 19 heavy (non-hydrogen) atoms. The summed E-state index contributed by atoms with van der Waals surface area (Å²) in [4.78, 5) is 10.9. The Hall–Kier alpha value is -1.29. The van der Waals surface area contributed by atoms with Crippen molar-refractivity contribution in [2.45, 2.75) is 33.6 Å². The van der Waals surface area contributed by atoms with Gasteiger partial charge in [-0.25, -0.2) is 0 Å². The molecule has 0 bridgehead atoms. The van der Waals surface area contributed by atoms with E-state index in [4.69, 9.17) is 0 Å². The zero-order valence-electron chi connectivity index (χ0n) is 11.6. The van der Waals surface area contributed by atoms with Crippen LogP contribution in [0.1, 0.15) is 46.8 Å². The van der Waals surface area contributed by atoms with Crippen molar-refractivity contribution in [1.29, 1.82) is 0 Å². The standard InChI is InChI=1S/C15H19N2OS/c1-4-5-8-17-10-19-15(16-17)14-7-6-13(9-18)11(2)12(14)3/h6-7,9-10H,4-5,8H2,1-3H3. The Bertz CT molecular complexity index is 511. The van der Waals surface area contributed by atoms with Crippen LogP contribution in [0.5, 0.6) is 0 Å². The van der Waals surface area contributed by atoms with E-state index in [-0.39, 0.29) is 0 Å². The molecule has 0 N–H and O–H groups in total. The molecule has 0 saturated carbocycles. The lowest BCUT2D eigenvalue weighted by Crippen LogP contribution is -2.10. The molecule has 0 saturated heterocycles. The van der Waals surface area contributed by atoms with Crippen molar-refractivity contribution in [2.75, 3.05) is 6.54 Å². The second-order valence-corrected chi connectivity index (χ2v) is 5.55. The maximum Gasteiger partial charge on any atom is 0.150 e. The van der Waals surface area contributed by atoms with Crippen molar-refractivity contribution in [1.82, 2.24) is 5.01 Å². The van der Waals surface area contributed by atoms with Gasteiger partial charge in [-0.05, 0) is 31.4 Å². The van der Waals surface area contributed by atoms with Crippen molar-refractivity contribution < 1.29 is 4.79 Å². The molecule has 1 radical (unpaired) electrons. The summed E-state index contributed by atoms with van der Waals surface area (Å²) in [6.45, 7) is 7.19. The van der Waals surface area contributed by atoms with Crippen molar-refractivity contribution in [2.24, 2.45) is 5.10 Å². The van der Waals surface area contributed by atoms with Crippen molar-refractivity contribution >= 4 is 23.1 Å². The molecule has 4 heteroatoms. The molecule has 1 aromatic rings. The molecule has 0 fully saturated rings. The van der Waals surface area contributed by atoms with E-state index in [1.165, 1.54) is 6.42 Å². The molecule has 0 aliphatic carbocycles. The third-order valence-corrected chi connectivity index (χ3v) is 4.31. The van der Waals surface area contributed by atoms with Gasteiger partial charge in [0.25, 0.3) is 0 Å². The first kappa shape index (κ1) is 14.1. The summed E-state index contributed by atoms with van der Waals surface area (Å²) in [5.41, 5.74) is 4.07. The number of carbonyl (C=O) groups is 1. The Labute approximate surface area is 119 Å². The monoisotopic (exact) mass is 275 g/mol. The molecule has 1 aliphatic rings. The van der Waals surface area contributed by atoms with Gasteiger partial charge in [-0.3, -0.25) is 9.80 Å². The molecule has 1 aromatic carbocycles. The minimum Gasteiger partial charge on any atom is -0.298 e. The summed E-state index contributed by atoms with van der Waals surface area (Å²) < 4.78 is 0. The van der Waals surface area contributed by atoms with Crippen LogP contribution in [-0.4, -0.2) is 22.9 Å².